The number of amides is 2. The Bertz CT molecular complexity index is 703. The van der Waals surface area contributed by atoms with Crippen LogP contribution in [0.3, 0.4) is 0 Å². The number of nitriles is 1. The van der Waals surface area contributed by atoms with Gasteiger partial charge in [0.2, 0.25) is 0 Å². The standard InChI is InChI=1S/C20H27N3O3/c1-19(2,3)26-18(25)23-12-10-22(11-13-23)17(24)15-6-8-16(9-7-15)20(4,5)14-21/h6-9H,10-13H2,1-5H3. The molecule has 140 valence electrons. The Labute approximate surface area is 155 Å². The number of benzene rings is 1. The van der Waals surface area contributed by atoms with Gasteiger partial charge >= 0.3 is 6.09 Å². The monoisotopic (exact) mass is 357 g/mol. The van der Waals surface area contributed by atoms with Crippen molar-refractivity contribution in [1.29, 1.82) is 5.26 Å². The van der Waals surface area contributed by atoms with Gasteiger partial charge in [-0.05, 0) is 52.3 Å². The molecule has 0 bridgehead atoms. The zero-order valence-corrected chi connectivity index (χ0v) is 16.2. The first kappa shape index (κ1) is 19.8. The minimum Gasteiger partial charge on any atom is -0.444 e. The average Bonchev–Trinajstić information content (AvgIpc) is 2.60. The van der Waals surface area contributed by atoms with Gasteiger partial charge in [-0.1, -0.05) is 12.1 Å². The van der Waals surface area contributed by atoms with Crippen molar-refractivity contribution in [3.8, 4) is 6.07 Å². The maximum absolute atomic E-state index is 12.7. The number of carbonyl (C=O) groups is 2. The van der Waals surface area contributed by atoms with Crippen molar-refractivity contribution in [2.75, 3.05) is 26.2 Å². The lowest BCUT2D eigenvalue weighted by Crippen LogP contribution is -2.51. The Morgan fingerprint density at radius 1 is 0.962 bits per heavy atom. The average molecular weight is 357 g/mol. The maximum Gasteiger partial charge on any atom is 0.410 e. The number of rotatable bonds is 2. The van der Waals surface area contributed by atoms with E-state index < -0.39 is 11.0 Å². The molecule has 2 rings (SSSR count). The number of carbonyl (C=O) groups excluding carboxylic acids is 2. The molecule has 6 nitrogen and oxygen atoms in total. The number of nitrogens with zero attached hydrogens (tertiary/aromatic N) is 3. The van der Waals surface area contributed by atoms with Crippen LogP contribution in [-0.2, 0) is 10.2 Å². The van der Waals surface area contributed by atoms with Gasteiger partial charge in [0.15, 0.2) is 0 Å². The number of hydrogen-bond acceptors (Lipinski definition) is 4. The van der Waals surface area contributed by atoms with Crippen LogP contribution in [0.25, 0.3) is 0 Å². The number of ether oxygens (including phenoxy) is 1. The van der Waals surface area contributed by atoms with Crippen LogP contribution in [0.15, 0.2) is 24.3 Å². The normalized spacial score (nSPS) is 15.4. The molecular formula is C20H27N3O3. The van der Waals surface area contributed by atoms with E-state index in [1.807, 2.05) is 46.8 Å². The van der Waals surface area contributed by atoms with E-state index in [1.54, 1.807) is 21.9 Å². The van der Waals surface area contributed by atoms with Crippen molar-refractivity contribution in [1.82, 2.24) is 9.80 Å². The van der Waals surface area contributed by atoms with Crippen LogP contribution in [0.2, 0.25) is 0 Å². The second kappa shape index (κ2) is 7.36. The Kier molecular flexibility index (Phi) is 5.60. The number of piperazine rings is 1. The maximum atomic E-state index is 12.7. The van der Waals surface area contributed by atoms with Crippen LogP contribution in [0.4, 0.5) is 4.79 Å². The summed E-state index contributed by atoms with van der Waals surface area (Å²) in [4.78, 5) is 28.1. The third-order valence-corrected chi connectivity index (χ3v) is 4.35. The van der Waals surface area contributed by atoms with E-state index in [2.05, 4.69) is 6.07 Å². The highest BCUT2D eigenvalue weighted by atomic mass is 16.6. The highest BCUT2D eigenvalue weighted by Crippen LogP contribution is 2.23. The molecule has 0 spiro atoms. The Balaban J connectivity index is 1.96. The molecule has 26 heavy (non-hydrogen) atoms. The van der Waals surface area contributed by atoms with Gasteiger partial charge in [-0.2, -0.15) is 5.26 Å². The summed E-state index contributed by atoms with van der Waals surface area (Å²) in [6.45, 7) is 11.1. The van der Waals surface area contributed by atoms with E-state index in [1.165, 1.54) is 0 Å². The molecule has 0 N–H and O–H groups in total. The third-order valence-electron chi connectivity index (χ3n) is 4.35. The molecule has 0 radical (unpaired) electrons. The van der Waals surface area contributed by atoms with Crippen molar-refractivity contribution < 1.29 is 14.3 Å². The summed E-state index contributed by atoms with van der Waals surface area (Å²) in [5, 5.41) is 9.20. The summed E-state index contributed by atoms with van der Waals surface area (Å²) in [7, 11) is 0. The molecule has 1 aromatic rings. The van der Waals surface area contributed by atoms with Crippen molar-refractivity contribution in [2.45, 2.75) is 45.6 Å². The first-order valence-corrected chi connectivity index (χ1v) is 8.82. The molecule has 0 aliphatic carbocycles. The first-order valence-electron chi connectivity index (χ1n) is 8.82. The summed E-state index contributed by atoms with van der Waals surface area (Å²) < 4.78 is 5.37. The molecule has 1 aliphatic rings. The van der Waals surface area contributed by atoms with Crippen LogP contribution >= 0.6 is 0 Å². The van der Waals surface area contributed by atoms with Crippen LogP contribution in [0.5, 0.6) is 0 Å². The lowest BCUT2D eigenvalue weighted by molar-refractivity contribution is 0.0141. The van der Waals surface area contributed by atoms with Gasteiger partial charge < -0.3 is 14.5 Å². The molecule has 1 saturated heterocycles. The van der Waals surface area contributed by atoms with Gasteiger partial charge in [0.1, 0.15) is 5.60 Å². The van der Waals surface area contributed by atoms with E-state index in [4.69, 9.17) is 4.74 Å². The fraction of sp³-hybridized carbons (Fsp3) is 0.550. The predicted molar refractivity (Wildman–Crippen MR) is 98.8 cm³/mol. The van der Waals surface area contributed by atoms with E-state index in [9.17, 15) is 14.9 Å². The van der Waals surface area contributed by atoms with Gasteiger partial charge in [0, 0.05) is 31.7 Å². The molecule has 1 heterocycles. The molecule has 6 heteroatoms. The van der Waals surface area contributed by atoms with Crippen LogP contribution in [0, 0.1) is 11.3 Å². The third kappa shape index (κ3) is 4.75. The van der Waals surface area contributed by atoms with E-state index in [0.29, 0.717) is 31.7 Å². The highest BCUT2D eigenvalue weighted by molar-refractivity contribution is 5.94. The molecule has 1 fully saturated rings. The second-order valence-electron chi connectivity index (χ2n) is 8.07. The summed E-state index contributed by atoms with van der Waals surface area (Å²) >= 11 is 0. The fourth-order valence-electron chi connectivity index (χ4n) is 2.70. The predicted octanol–water partition coefficient (Wildman–Crippen LogP) is 3.18. The van der Waals surface area contributed by atoms with Crippen molar-refractivity contribution in [3.05, 3.63) is 35.4 Å². The van der Waals surface area contributed by atoms with Crippen LogP contribution < -0.4 is 0 Å². The quantitative estimate of drug-likeness (QED) is 0.815. The molecule has 1 aromatic carbocycles. The van der Waals surface area contributed by atoms with Crippen LogP contribution in [0.1, 0.15) is 50.5 Å². The molecule has 1 aliphatic heterocycles. The molecule has 0 saturated carbocycles. The zero-order valence-electron chi connectivity index (χ0n) is 16.2. The molecule has 0 aromatic heterocycles. The lowest BCUT2D eigenvalue weighted by atomic mass is 9.86. The molecule has 0 atom stereocenters. The van der Waals surface area contributed by atoms with Gasteiger partial charge in [0.05, 0.1) is 11.5 Å². The SMILES string of the molecule is CC(C)(C)OC(=O)N1CCN(C(=O)c2ccc(C(C)(C)C#N)cc2)CC1. The summed E-state index contributed by atoms with van der Waals surface area (Å²) in [5.74, 6) is -0.0600. The van der Waals surface area contributed by atoms with E-state index in [0.717, 1.165) is 5.56 Å². The first-order chi connectivity index (χ1) is 12.0. The van der Waals surface area contributed by atoms with Crippen LogP contribution in [-0.4, -0.2) is 53.6 Å². The smallest absolute Gasteiger partial charge is 0.410 e. The molecular weight excluding hydrogens is 330 g/mol. The van der Waals surface area contributed by atoms with Gasteiger partial charge in [0.25, 0.3) is 5.91 Å². The highest BCUT2D eigenvalue weighted by Gasteiger charge is 2.28. The van der Waals surface area contributed by atoms with E-state index in [-0.39, 0.29) is 12.0 Å². The Morgan fingerprint density at radius 3 is 1.92 bits per heavy atom. The minimum absolute atomic E-state index is 0.0600. The molecule has 0 unspecified atom stereocenters. The molecule has 2 amide bonds. The number of hydrogen-bond donors (Lipinski definition) is 0. The topological polar surface area (TPSA) is 73.6 Å². The largest absolute Gasteiger partial charge is 0.444 e. The lowest BCUT2D eigenvalue weighted by Gasteiger charge is -2.35. The summed E-state index contributed by atoms with van der Waals surface area (Å²) in [5.41, 5.74) is 0.364. The second-order valence-corrected chi connectivity index (χ2v) is 8.07. The van der Waals surface area contributed by atoms with Gasteiger partial charge in [-0.3, -0.25) is 4.79 Å². The fourth-order valence-corrected chi connectivity index (χ4v) is 2.70. The van der Waals surface area contributed by atoms with Crippen molar-refractivity contribution in [2.24, 2.45) is 0 Å². The van der Waals surface area contributed by atoms with E-state index >= 15 is 0 Å². The minimum atomic E-state index is -0.583. The van der Waals surface area contributed by atoms with Crippen molar-refractivity contribution in [3.63, 3.8) is 0 Å². The van der Waals surface area contributed by atoms with Gasteiger partial charge in [-0.15, -0.1) is 0 Å². The van der Waals surface area contributed by atoms with Crippen molar-refractivity contribution >= 4 is 12.0 Å². The summed E-state index contributed by atoms with van der Waals surface area (Å²) in [6.07, 6.45) is -0.340. The Morgan fingerprint density at radius 2 is 1.46 bits per heavy atom. The zero-order chi connectivity index (χ0) is 19.5. The summed E-state index contributed by atoms with van der Waals surface area (Å²) in [6, 6.07) is 9.43. The van der Waals surface area contributed by atoms with Gasteiger partial charge in [-0.25, -0.2) is 4.79 Å². The Hall–Kier alpha value is -2.55.